The van der Waals surface area contributed by atoms with Crippen LogP contribution in [0.15, 0.2) is 30.3 Å². The topological polar surface area (TPSA) is 39.6 Å². The molecule has 0 fully saturated rings. The normalized spacial score (nSPS) is 23.0. The molecule has 1 aliphatic rings. The highest BCUT2D eigenvalue weighted by Gasteiger charge is 2.27. The standard InChI is InChI=1S/C14H12N2/c1-14(9-15)7-6-13-11(8-14)10-4-2-3-5-12(10)16-13/h2-7,16H,8H2,1H3. The Morgan fingerprint density at radius 1 is 1.38 bits per heavy atom. The Labute approximate surface area is 94.2 Å². The number of benzene rings is 1. The Morgan fingerprint density at radius 3 is 3.00 bits per heavy atom. The summed E-state index contributed by atoms with van der Waals surface area (Å²) in [5.41, 5.74) is 3.20. The lowest BCUT2D eigenvalue weighted by molar-refractivity contribution is 0.563. The van der Waals surface area contributed by atoms with Crippen LogP contribution in [-0.4, -0.2) is 4.98 Å². The monoisotopic (exact) mass is 208 g/mol. The van der Waals surface area contributed by atoms with E-state index in [1.165, 1.54) is 10.9 Å². The fraction of sp³-hybridized carbons (Fsp3) is 0.214. The van der Waals surface area contributed by atoms with E-state index in [2.05, 4.69) is 23.2 Å². The maximum absolute atomic E-state index is 9.17. The number of aromatic nitrogens is 1. The van der Waals surface area contributed by atoms with E-state index in [4.69, 9.17) is 0 Å². The minimum Gasteiger partial charge on any atom is -0.355 e. The van der Waals surface area contributed by atoms with Crippen LogP contribution in [-0.2, 0) is 6.42 Å². The van der Waals surface area contributed by atoms with Gasteiger partial charge in [-0.3, -0.25) is 0 Å². The molecule has 1 atom stereocenters. The van der Waals surface area contributed by atoms with Crippen molar-refractivity contribution in [3.8, 4) is 6.07 Å². The predicted molar refractivity (Wildman–Crippen MR) is 64.8 cm³/mol. The smallest absolute Gasteiger partial charge is 0.0770 e. The first kappa shape index (κ1) is 9.23. The Morgan fingerprint density at radius 2 is 2.19 bits per heavy atom. The molecule has 0 saturated heterocycles. The zero-order chi connectivity index (χ0) is 11.2. The summed E-state index contributed by atoms with van der Waals surface area (Å²) < 4.78 is 0. The van der Waals surface area contributed by atoms with Crippen molar-refractivity contribution in [2.24, 2.45) is 5.41 Å². The Balaban J connectivity index is 2.26. The van der Waals surface area contributed by atoms with Crippen LogP contribution >= 0.6 is 0 Å². The van der Waals surface area contributed by atoms with Crippen molar-refractivity contribution >= 4 is 17.0 Å². The highest BCUT2D eigenvalue weighted by molar-refractivity contribution is 5.88. The van der Waals surface area contributed by atoms with E-state index in [1.807, 2.05) is 31.2 Å². The number of rotatable bonds is 0. The first-order valence-electron chi connectivity index (χ1n) is 5.42. The molecule has 1 aromatic heterocycles. The number of hydrogen-bond acceptors (Lipinski definition) is 1. The molecular formula is C14H12N2. The minimum absolute atomic E-state index is 0.363. The second kappa shape index (κ2) is 2.99. The van der Waals surface area contributed by atoms with E-state index >= 15 is 0 Å². The maximum Gasteiger partial charge on any atom is 0.0770 e. The van der Waals surface area contributed by atoms with E-state index in [-0.39, 0.29) is 5.41 Å². The van der Waals surface area contributed by atoms with Crippen molar-refractivity contribution in [3.63, 3.8) is 0 Å². The molecule has 1 N–H and O–H groups in total. The summed E-state index contributed by atoms with van der Waals surface area (Å²) in [4.78, 5) is 3.38. The average Bonchev–Trinajstić information content (AvgIpc) is 2.67. The first-order chi connectivity index (χ1) is 7.72. The number of aromatic amines is 1. The molecule has 0 amide bonds. The number of H-pyrrole nitrogens is 1. The van der Waals surface area contributed by atoms with E-state index in [1.54, 1.807) is 0 Å². The molecule has 1 aromatic carbocycles. The Bertz CT molecular complexity index is 628. The zero-order valence-electron chi connectivity index (χ0n) is 9.12. The molecular weight excluding hydrogens is 196 g/mol. The van der Waals surface area contributed by atoms with E-state index in [0.717, 1.165) is 17.6 Å². The summed E-state index contributed by atoms with van der Waals surface area (Å²) >= 11 is 0. The van der Waals surface area contributed by atoms with E-state index in [0.29, 0.717) is 0 Å². The number of allylic oxidation sites excluding steroid dienone is 1. The molecule has 0 bridgehead atoms. The summed E-state index contributed by atoms with van der Waals surface area (Å²) in [7, 11) is 0. The lowest BCUT2D eigenvalue weighted by atomic mass is 9.80. The van der Waals surface area contributed by atoms with Gasteiger partial charge in [-0.15, -0.1) is 0 Å². The van der Waals surface area contributed by atoms with Gasteiger partial charge in [0.05, 0.1) is 11.5 Å². The van der Waals surface area contributed by atoms with Crippen LogP contribution in [0.3, 0.4) is 0 Å². The van der Waals surface area contributed by atoms with Gasteiger partial charge in [0.1, 0.15) is 0 Å². The summed E-state index contributed by atoms with van der Waals surface area (Å²) in [6, 6.07) is 10.6. The van der Waals surface area contributed by atoms with Gasteiger partial charge in [0.15, 0.2) is 0 Å². The molecule has 3 rings (SSSR count). The van der Waals surface area contributed by atoms with Gasteiger partial charge < -0.3 is 4.98 Å². The van der Waals surface area contributed by atoms with Gasteiger partial charge in [-0.25, -0.2) is 0 Å². The van der Waals surface area contributed by atoms with Crippen LogP contribution in [0.1, 0.15) is 18.2 Å². The van der Waals surface area contributed by atoms with E-state index in [9.17, 15) is 5.26 Å². The third-order valence-corrected chi connectivity index (χ3v) is 3.26. The average molecular weight is 208 g/mol. The van der Waals surface area contributed by atoms with Gasteiger partial charge in [-0.1, -0.05) is 24.3 Å². The summed E-state index contributed by atoms with van der Waals surface area (Å²) in [6.45, 7) is 1.98. The molecule has 2 nitrogen and oxygen atoms in total. The first-order valence-corrected chi connectivity index (χ1v) is 5.42. The largest absolute Gasteiger partial charge is 0.355 e. The van der Waals surface area contributed by atoms with Crippen LogP contribution in [0.25, 0.3) is 17.0 Å². The second-order valence-electron chi connectivity index (χ2n) is 4.60. The second-order valence-corrected chi connectivity index (χ2v) is 4.60. The molecule has 1 heterocycles. The highest BCUT2D eigenvalue weighted by Crippen LogP contribution is 2.35. The molecule has 0 radical (unpaired) electrons. The van der Waals surface area contributed by atoms with E-state index < -0.39 is 0 Å². The van der Waals surface area contributed by atoms with Gasteiger partial charge in [0.25, 0.3) is 0 Å². The van der Waals surface area contributed by atoms with Crippen LogP contribution in [0, 0.1) is 16.7 Å². The van der Waals surface area contributed by atoms with Gasteiger partial charge in [-0.2, -0.15) is 5.26 Å². The SMILES string of the molecule is CC1(C#N)C=Cc2[nH]c3ccccc3c2C1. The van der Waals surface area contributed by atoms with Gasteiger partial charge in [0, 0.05) is 16.6 Å². The third-order valence-electron chi connectivity index (χ3n) is 3.26. The number of nitrogens with one attached hydrogen (secondary N) is 1. The van der Waals surface area contributed by atoms with Crippen molar-refractivity contribution in [2.75, 3.05) is 0 Å². The molecule has 0 spiro atoms. The molecule has 2 heteroatoms. The predicted octanol–water partition coefficient (Wildman–Crippen LogP) is 3.27. The molecule has 0 aliphatic heterocycles. The number of nitrogens with zero attached hydrogens (tertiary/aromatic N) is 1. The summed E-state index contributed by atoms with van der Waals surface area (Å²) in [6.07, 6.45) is 4.81. The van der Waals surface area contributed by atoms with Crippen LogP contribution in [0.5, 0.6) is 0 Å². The minimum atomic E-state index is -0.363. The molecule has 2 aromatic rings. The Hall–Kier alpha value is -2.01. The van der Waals surface area contributed by atoms with Crippen LogP contribution in [0.2, 0.25) is 0 Å². The molecule has 1 aliphatic carbocycles. The fourth-order valence-electron chi connectivity index (χ4n) is 2.32. The molecule has 1 unspecified atom stereocenters. The van der Waals surface area contributed by atoms with Crippen molar-refractivity contribution in [1.82, 2.24) is 4.98 Å². The number of hydrogen-bond donors (Lipinski definition) is 1. The summed E-state index contributed by atoms with van der Waals surface area (Å²) in [5, 5.41) is 10.4. The van der Waals surface area contributed by atoms with Gasteiger partial charge >= 0.3 is 0 Å². The van der Waals surface area contributed by atoms with Crippen molar-refractivity contribution < 1.29 is 0 Å². The third kappa shape index (κ3) is 1.18. The van der Waals surface area contributed by atoms with Crippen molar-refractivity contribution in [2.45, 2.75) is 13.3 Å². The van der Waals surface area contributed by atoms with Crippen LogP contribution < -0.4 is 0 Å². The van der Waals surface area contributed by atoms with Crippen molar-refractivity contribution in [1.29, 1.82) is 5.26 Å². The maximum atomic E-state index is 9.17. The number of nitriles is 1. The Kier molecular flexibility index (Phi) is 1.73. The zero-order valence-corrected chi connectivity index (χ0v) is 9.12. The van der Waals surface area contributed by atoms with Gasteiger partial charge in [-0.05, 0) is 31.1 Å². The lowest BCUT2D eigenvalue weighted by Gasteiger charge is -2.20. The van der Waals surface area contributed by atoms with Gasteiger partial charge in [0.2, 0.25) is 0 Å². The number of fused-ring (bicyclic) bond motifs is 3. The lowest BCUT2D eigenvalue weighted by Crippen LogP contribution is -2.17. The van der Waals surface area contributed by atoms with Crippen molar-refractivity contribution in [3.05, 3.63) is 41.6 Å². The molecule has 0 saturated carbocycles. The molecule has 16 heavy (non-hydrogen) atoms. The quantitative estimate of drug-likeness (QED) is 0.709. The molecule has 78 valence electrons. The highest BCUT2D eigenvalue weighted by atomic mass is 14.7. The van der Waals surface area contributed by atoms with Crippen LogP contribution in [0.4, 0.5) is 0 Å². The number of para-hydroxylation sites is 1. The summed E-state index contributed by atoms with van der Waals surface area (Å²) in [5.74, 6) is 0. The fourth-order valence-corrected chi connectivity index (χ4v) is 2.32.